The molecule has 0 aliphatic carbocycles. The lowest BCUT2D eigenvalue weighted by atomic mass is 10.00. The van der Waals surface area contributed by atoms with Crippen LogP contribution in [0.5, 0.6) is 0 Å². The number of hydrogen-bond acceptors (Lipinski definition) is 6. The summed E-state index contributed by atoms with van der Waals surface area (Å²) in [6.07, 6.45) is 0.588. The quantitative estimate of drug-likeness (QED) is 0.584. The smallest absolute Gasteiger partial charge is 0.339 e. The summed E-state index contributed by atoms with van der Waals surface area (Å²) in [7, 11) is 0. The van der Waals surface area contributed by atoms with Gasteiger partial charge in [-0.2, -0.15) is 0 Å². The fraction of sp³-hybridized carbons (Fsp3) is 0.368. The number of nitrogens with one attached hydrogen (secondary N) is 1. The number of aryl methyl sites for hydroxylation is 3. The second-order valence-corrected chi connectivity index (χ2v) is 6.44. The molecule has 8 heteroatoms. The van der Waals surface area contributed by atoms with Crippen LogP contribution in [-0.2, 0) is 11.3 Å². The van der Waals surface area contributed by atoms with Crippen molar-refractivity contribution in [2.45, 2.75) is 40.7 Å². The van der Waals surface area contributed by atoms with Crippen LogP contribution in [0.2, 0.25) is 0 Å². The molecular weight excluding hydrogens is 350 g/mol. The van der Waals surface area contributed by atoms with E-state index in [0.717, 1.165) is 21.3 Å². The summed E-state index contributed by atoms with van der Waals surface area (Å²) in [5.41, 5.74) is 6.74. The largest absolute Gasteiger partial charge is 0.454 e. The summed E-state index contributed by atoms with van der Waals surface area (Å²) in [6, 6.07) is 3.68. The number of nitrogens with two attached hydrogens (primary N) is 1. The predicted molar refractivity (Wildman–Crippen MR) is 101 cm³/mol. The number of aromatic amines is 1. The van der Waals surface area contributed by atoms with Crippen LogP contribution in [0.1, 0.15) is 50.8 Å². The normalized spacial score (nSPS) is 10.7. The van der Waals surface area contributed by atoms with Crippen molar-refractivity contribution >= 4 is 17.6 Å². The number of carbonyl (C=O) groups excluding carboxylic acids is 2. The monoisotopic (exact) mass is 373 g/mol. The predicted octanol–water partition coefficient (Wildman–Crippen LogP) is 1.49. The van der Waals surface area contributed by atoms with Gasteiger partial charge in [0.2, 0.25) is 5.78 Å². The lowest BCUT2D eigenvalue weighted by molar-refractivity contribution is 0.0472. The van der Waals surface area contributed by atoms with Gasteiger partial charge in [0.05, 0.1) is 5.56 Å². The fourth-order valence-corrected chi connectivity index (χ4v) is 3.08. The van der Waals surface area contributed by atoms with Gasteiger partial charge in [-0.15, -0.1) is 0 Å². The van der Waals surface area contributed by atoms with Crippen LogP contribution in [0.15, 0.2) is 21.7 Å². The number of rotatable bonds is 6. The second-order valence-electron chi connectivity index (χ2n) is 6.44. The third-order valence-corrected chi connectivity index (χ3v) is 4.18. The first-order chi connectivity index (χ1) is 12.7. The second kappa shape index (κ2) is 8.03. The van der Waals surface area contributed by atoms with E-state index in [1.165, 1.54) is 0 Å². The Labute approximate surface area is 156 Å². The maximum absolute atomic E-state index is 12.4. The molecular formula is C19H23N3O5. The van der Waals surface area contributed by atoms with Crippen molar-refractivity contribution < 1.29 is 14.3 Å². The van der Waals surface area contributed by atoms with Crippen molar-refractivity contribution in [3.05, 3.63) is 60.8 Å². The number of aromatic nitrogens is 2. The molecule has 0 saturated carbocycles. The van der Waals surface area contributed by atoms with E-state index in [1.807, 2.05) is 26.0 Å². The van der Waals surface area contributed by atoms with Gasteiger partial charge < -0.3 is 10.5 Å². The molecule has 0 spiro atoms. The Balaban J connectivity index is 2.27. The molecule has 2 rings (SSSR count). The van der Waals surface area contributed by atoms with Gasteiger partial charge in [-0.1, -0.05) is 24.6 Å². The average molecular weight is 373 g/mol. The van der Waals surface area contributed by atoms with Crippen molar-refractivity contribution in [1.82, 2.24) is 9.55 Å². The lowest BCUT2D eigenvalue weighted by Crippen LogP contribution is -2.37. The average Bonchev–Trinajstić information content (AvgIpc) is 2.55. The van der Waals surface area contributed by atoms with Crippen molar-refractivity contribution in [3.8, 4) is 0 Å². The van der Waals surface area contributed by atoms with E-state index in [-0.39, 0.29) is 17.9 Å². The summed E-state index contributed by atoms with van der Waals surface area (Å²) >= 11 is 0. The molecule has 0 amide bonds. The minimum atomic E-state index is -0.895. The molecule has 1 heterocycles. The number of esters is 1. The van der Waals surface area contributed by atoms with E-state index in [9.17, 15) is 19.2 Å². The number of nitrogen functional groups attached to an aromatic ring is 1. The Morgan fingerprint density at radius 1 is 1.11 bits per heavy atom. The Morgan fingerprint density at radius 3 is 2.26 bits per heavy atom. The van der Waals surface area contributed by atoms with Gasteiger partial charge >= 0.3 is 11.7 Å². The van der Waals surface area contributed by atoms with E-state index in [2.05, 4.69) is 4.98 Å². The minimum Gasteiger partial charge on any atom is -0.454 e. The molecule has 1 aromatic carbocycles. The van der Waals surface area contributed by atoms with Crippen LogP contribution in [0, 0.1) is 20.8 Å². The molecule has 8 nitrogen and oxygen atoms in total. The highest BCUT2D eigenvalue weighted by atomic mass is 16.5. The molecule has 3 N–H and O–H groups in total. The van der Waals surface area contributed by atoms with Gasteiger partial charge in [0.1, 0.15) is 11.4 Å². The first-order valence-corrected chi connectivity index (χ1v) is 8.58. The number of benzene rings is 1. The van der Waals surface area contributed by atoms with Crippen LogP contribution in [0.25, 0.3) is 0 Å². The van der Waals surface area contributed by atoms with Gasteiger partial charge in [0.15, 0.2) is 6.61 Å². The third-order valence-electron chi connectivity index (χ3n) is 4.18. The third kappa shape index (κ3) is 4.16. The molecule has 1 aromatic heterocycles. The molecule has 0 aliphatic rings. The Hall–Kier alpha value is -3.16. The zero-order valence-electron chi connectivity index (χ0n) is 15.8. The number of hydrogen-bond donors (Lipinski definition) is 2. The zero-order valence-corrected chi connectivity index (χ0v) is 15.8. The number of ketones is 1. The van der Waals surface area contributed by atoms with Gasteiger partial charge in [-0.25, -0.2) is 9.59 Å². The molecule has 0 saturated heterocycles. The summed E-state index contributed by atoms with van der Waals surface area (Å²) in [5, 5.41) is 0. The van der Waals surface area contributed by atoms with E-state index in [4.69, 9.17) is 10.5 Å². The summed E-state index contributed by atoms with van der Waals surface area (Å²) < 4.78 is 6.22. The number of Topliss-reactive ketones (excluding diaryl/α,β-unsaturated/α-hetero) is 1. The number of H-pyrrole nitrogens is 1. The van der Waals surface area contributed by atoms with Crippen molar-refractivity contribution in [2.24, 2.45) is 0 Å². The molecule has 0 aliphatic heterocycles. The van der Waals surface area contributed by atoms with Crippen molar-refractivity contribution in [1.29, 1.82) is 0 Å². The molecule has 2 aromatic rings. The van der Waals surface area contributed by atoms with Gasteiger partial charge in [0.25, 0.3) is 5.56 Å². The summed E-state index contributed by atoms with van der Waals surface area (Å²) in [4.78, 5) is 50.7. The highest BCUT2D eigenvalue weighted by Crippen LogP contribution is 2.17. The van der Waals surface area contributed by atoms with Crippen molar-refractivity contribution in [2.75, 3.05) is 12.3 Å². The highest BCUT2D eigenvalue weighted by Gasteiger charge is 2.22. The molecule has 144 valence electrons. The Bertz CT molecular complexity index is 994. The first kappa shape index (κ1) is 20.2. The highest BCUT2D eigenvalue weighted by molar-refractivity contribution is 6.02. The van der Waals surface area contributed by atoms with E-state index in [1.54, 1.807) is 13.8 Å². The molecule has 0 radical (unpaired) electrons. The van der Waals surface area contributed by atoms with Crippen LogP contribution < -0.4 is 17.0 Å². The molecule has 0 bridgehead atoms. The lowest BCUT2D eigenvalue weighted by Gasteiger charge is -2.12. The van der Waals surface area contributed by atoms with Gasteiger partial charge in [-0.05, 0) is 38.3 Å². The number of anilines is 1. The fourth-order valence-electron chi connectivity index (χ4n) is 3.08. The topological polar surface area (TPSA) is 124 Å². The Morgan fingerprint density at radius 2 is 1.70 bits per heavy atom. The molecule has 0 atom stereocenters. The molecule has 27 heavy (non-hydrogen) atoms. The van der Waals surface area contributed by atoms with Crippen molar-refractivity contribution in [3.63, 3.8) is 0 Å². The standard InChI is InChI=1S/C19H23N3O5/c1-5-6-22-16(20)15(17(24)21-19(22)26)13(23)9-27-18(25)14-11(3)7-10(2)8-12(14)4/h7-8H,5-6,9,20H2,1-4H3,(H,21,24,26). The number of ether oxygens (including phenoxy) is 1. The van der Waals surface area contributed by atoms with E-state index < -0.39 is 29.6 Å². The van der Waals surface area contributed by atoms with E-state index in [0.29, 0.717) is 12.0 Å². The number of nitrogens with zero attached hydrogens (tertiary/aromatic N) is 1. The summed E-state index contributed by atoms with van der Waals surface area (Å²) in [5.74, 6) is -1.65. The SMILES string of the molecule is CCCn1c(N)c(C(=O)COC(=O)c2c(C)cc(C)cc2C)c(=O)[nH]c1=O. The van der Waals surface area contributed by atoms with Crippen LogP contribution in [-0.4, -0.2) is 27.9 Å². The van der Waals surface area contributed by atoms with Crippen LogP contribution >= 0.6 is 0 Å². The minimum absolute atomic E-state index is 0.227. The van der Waals surface area contributed by atoms with E-state index >= 15 is 0 Å². The number of carbonyl (C=O) groups is 2. The maximum atomic E-state index is 12.4. The zero-order chi connectivity index (χ0) is 20.3. The molecule has 0 fully saturated rings. The maximum Gasteiger partial charge on any atom is 0.339 e. The first-order valence-electron chi connectivity index (χ1n) is 8.58. The van der Waals surface area contributed by atoms with Gasteiger partial charge in [0, 0.05) is 6.54 Å². The summed E-state index contributed by atoms with van der Waals surface area (Å²) in [6.45, 7) is 6.90. The van der Waals surface area contributed by atoms with Crippen LogP contribution in [0.4, 0.5) is 5.82 Å². The molecule has 0 unspecified atom stereocenters. The Kier molecular flexibility index (Phi) is 5.99. The van der Waals surface area contributed by atoms with Crippen LogP contribution in [0.3, 0.4) is 0 Å². The van der Waals surface area contributed by atoms with Gasteiger partial charge in [-0.3, -0.25) is 19.1 Å².